The third-order valence-electron chi connectivity index (χ3n) is 4.37. The maximum atomic E-state index is 13.0. The van der Waals surface area contributed by atoms with Crippen molar-refractivity contribution in [3.63, 3.8) is 0 Å². The molecule has 10 heteroatoms. The van der Waals surface area contributed by atoms with Crippen LogP contribution in [0.15, 0.2) is 21.2 Å². The van der Waals surface area contributed by atoms with Crippen molar-refractivity contribution >= 4 is 32.8 Å². The summed E-state index contributed by atoms with van der Waals surface area (Å²) >= 11 is 3.33. The van der Waals surface area contributed by atoms with E-state index in [2.05, 4.69) is 40.8 Å². The molecule has 1 saturated carbocycles. The molecular weight excluding hydrogens is 412 g/mol. The van der Waals surface area contributed by atoms with Crippen molar-refractivity contribution in [2.75, 3.05) is 12.3 Å². The first-order valence-corrected chi connectivity index (χ1v) is 8.67. The minimum absolute atomic E-state index is 0.0681. The predicted octanol–water partition coefficient (Wildman–Crippen LogP) is 3.29. The first kappa shape index (κ1) is 17.1. The van der Waals surface area contributed by atoms with E-state index >= 15 is 0 Å². The Balaban J connectivity index is 1.58. The zero-order valence-corrected chi connectivity index (χ0v) is 15.3. The van der Waals surface area contributed by atoms with Crippen molar-refractivity contribution < 1.29 is 18.1 Å². The van der Waals surface area contributed by atoms with Gasteiger partial charge in [-0.05, 0) is 45.3 Å². The van der Waals surface area contributed by atoms with Crippen LogP contribution in [0.1, 0.15) is 23.4 Å². The topological polar surface area (TPSA) is 100.0 Å². The Kier molecular flexibility index (Phi) is 4.02. The highest BCUT2D eigenvalue weighted by Crippen LogP contribution is 2.48. The summed E-state index contributed by atoms with van der Waals surface area (Å²) < 4.78 is 36.8. The summed E-state index contributed by atoms with van der Waals surface area (Å²) in [6, 6.07) is 3.56. The van der Waals surface area contributed by atoms with E-state index in [1.54, 1.807) is 12.1 Å². The van der Waals surface area contributed by atoms with Gasteiger partial charge < -0.3 is 10.5 Å². The third-order valence-corrected chi connectivity index (χ3v) is 4.97. The van der Waals surface area contributed by atoms with Crippen LogP contribution in [-0.2, 0) is 6.42 Å². The summed E-state index contributed by atoms with van der Waals surface area (Å²) in [7, 11) is 0. The molecule has 0 aromatic carbocycles. The predicted molar refractivity (Wildman–Crippen MR) is 92.0 cm³/mol. The lowest BCUT2D eigenvalue weighted by atomic mass is 10.1. The van der Waals surface area contributed by atoms with E-state index in [1.807, 2.05) is 6.92 Å². The summed E-state index contributed by atoms with van der Waals surface area (Å²) in [6.45, 7) is 1.74. The molecule has 1 aliphatic rings. The second-order valence-electron chi connectivity index (χ2n) is 6.27. The second kappa shape index (κ2) is 6.11. The molecule has 0 aliphatic heterocycles. The van der Waals surface area contributed by atoms with E-state index in [-0.39, 0.29) is 18.9 Å². The van der Waals surface area contributed by atoms with Gasteiger partial charge in [-0.2, -0.15) is 0 Å². The Hall–Kier alpha value is -2.36. The maximum absolute atomic E-state index is 13.0. The fourth-order valence-corrected chi connectivity index (χ4v) is 3.02. The molecule has 7 nitrogen and oxygen atoms in total. The van der Waals surface area contributed by atoms with Crippen LogP contribution in [0, 0.1) is 12.8 Å². The van der Waals surface area contributed by atoms with E-state index in [0.29, 0.717) is 39.1 Å². The Morgan fingerprint density at radius 2 is 2.12 bits per heavy atom. The third kappa shape index (κ3) is 3.09. The first-order chi connectivity index (χ1) is 12.3. The molecule has 1 aliphatic carbocycles. The highest BCUT2D eigenvalue weighted by Gasteiger charge is 2.57. The highest BCUT2D eigenvalue weighted by atomic mass is 79.9. The van der Waals surface area contributed by atoms with Crippen LogP contribution in [0.4, 0.5) is 14.5 Å². The molecule has 3 aromatic heterocycles. The van der Waals surface area contributed by atoms with Crippen molar-refractivity contribution in [2.45, 2.75) is 25.7 Å². The minimum Gasteiger partial charge on any atom is -0.476 e. The molecule has 136 valence electrons. The molecule has 1 fully saturated rings. The summed E-state index contributed by atoms with van der Waals surface area (Å²) in [4.78, 5) is 8.73. The normalized spacial score (nSPS) is 18.2. The first-order valence-electron chi connectivity index (χ1n) is 7.88. The van der Waals surface area contributed by atoms with Crippen molar-refractivity contribution in [3.05, 3.63) is 33.6 Å². The largest absolute Gasteiger partial charge is 0.476 e. The average molecular weight is 426 g/mol. The molecule has 4 rings (SSSR count). The molecule has 1 atom stereocenters. The van der Waals surface area contributed by atoms with Gasteiger partial charge in [0, 0.05) is 29.8 Å². The molecule has 26 heavy (non-hydrogen) atoms. The van der Waals surface area contributed by atoms with E-state index in [4.69, 9.17) is 10.5 Å². The Labute approximate surface area is 155 Å². The standard InChI is InChI=1S/C16H14BrF2N5O2/c1-7-10(12(20)13-14(21-7)24-26-23-13)4-9-2-3-11(17)15(22-9)25-6-8-5-16(8,18)19/h2-3,8H,4-6,20H2,1H3. The number of alkyl halides is 2. The molecule has 3 aromatic rings. The molecule has 1 unspecified atom stereocenters. The van der Waals surface area contributed by atoms with Gasteiger partial charge in [0.1, 0.15) is 0 Å². The van der Waals surface area contributed by atoms with Gasteiger partial charge in [-0.1, -0.05) is 0 Å². The van der Waals surface area contributed by atoms with Gasteiger partial charge in [-0.3, -0.25) is 0 Å². The fraction of sp³-hybridized carbons (Fsp3) is 0.375. The Morgan fingerprint density at radius 1 is 1.35 bits per heavy atom. The lowest BCUT2D eigenvalue weighted by Crippen LogP contribution is -2.08. The Morgan fingerprint density at radius 3 is 2.85 bits per heavy atom. The van der Waals surface area contributed by atoms with Gasteiger partial charge in [-0.25, -0.2) is 23.4 Å². The van der Waals surface area contributed by atoms with Crippen LogP contribution in [0.2, 0.25) is 0 Å². The number of aryl methyl sites for hydroxylation is 1. The zero-order chi connectivity index (χ0) is 18.5. The van der Waals surface area contributed by atoms with Gasteiger partial charge in [0.05, 0.1) is 22.7 Å². The van der Waals surface area contributed by atoms with Crippen molar-refractivity contribution in [3.8, 4) is 5.88 Å². The smallest absolute Gasteiger partial charge is 0.255 e. The highest BCUT2D eigenvalue weighted by molar-refractivity contribution is 9.10. The van der Waals surface area contributed by atoms with Crippen molar-refractivity contribution in [2.24, 2.45) is 5.92 Å². The van der Waals surface area contributed by atoms with E-state index in [9.17, 15) is 8.78 Å². The monoisotopic (exact) mass is 425 g/mol. The number of ether oxygens (including phenoxy) is 1. The van der Waals surface area contributed by atoms with Crippen LogP contribution in [0.3, 0.4) is 0 Å². The molecule has 2 N–H and O–H groups in total. The van der Waals surface area contributed by atoms with Crippen LogP contribution in [-0.4, -0.2) is 32.8 Å². The number of halogens is 3. The summed E-state index contributed by atoms with van der Waals surface area (Å²) in [5.74, 6) is -3.09. The summed E-state index contributed by atoms with van der Waals surface area (Å²) in [6.07, 6.45) is 0.244. The second-order valence-corrected chi connectivity index (χ2v) is 7.12. The summed E-state index contributed by atoms with van der Waals surface area (Å²) in [5, 5.41) is 7.46. The van der Waals surface area contributed by atoms with Gasteiger partial charge in [0.15, 0.2) is 5.52 Å². The van der Waals surface area contributed by atoms with Crippen LogP contribution < -0.4 is 10.5 Å². The number of nitrogens with zero attached hydrogens (tertiary/aromatic N) is 4. The van der Waals surface area contributed by atoms with E-state index < -0.39 is 11.8 Å². The Bertz CT molecular complexity index is 994. The number of anilines is 1. The average Bonchev–Trinajstić information content (AvgIpc) is 2.97. The zero-order valence-electron chi connectivity index (χ0n) is 13.7. The van der Waals surface area contributed by atoms with Crippen molar-refractivity contribution in [1.29, 1.82) is 0 Å². The number of hydrogen-bond acceptors (Lipinski definition) is 7. The number of rotatable bonds is 5. The van der Waals surface area contributed by atoms with Crippen LogP contribution in [0.5, 0.6) is 5.88 Å². The molecule has 0 spiro atoms. The van der Waals surface area contributed by atoms with Crippen LogP contribution in [0.25, 0.3) is 11.2 Å². The molecule has 3 heterocycles. The minimum atomic E-state index is -2.62. The van der Waals surface area contributed by atoms with Gasteiger partial charge in [-0.15, -0.1) is 0 Å². The molecule has 0 radical (unpaired) electrons. The van der Waals surface area contributed by atoms with E-state index in [1.165, 1.54) is 0 Å². The summed E-state index contributed by atoms with van der Waals surface area (Å²) in [5.41, 5.74) is 9.45. The number of aromatic nitrogens is 4. The van der Waals surface area contributed by atoms with Gasteiger partial charge >= 0.3 is 0 Å². The number of pyridine rings is 2. The quantitative estimate of drug-likeness (QED) is 0.668. The number of fused-ring (bicyclic) bond motifs is 1. The molecule has 0 saturated heterocycles. The fourth-order valence-electron chi connectivity index (χ4n) is 2.69. The van der Waals surface area contributed by atoms with Crippen LogP contribution >= 0.6 is 15.9 Å². The van der Waals surface area contributed by atoms with Crippen molar-refractivity contribution in [1.82, 2.24) is 20.3 Å². The number of nitrogens with two attached hydrogens (primary N) is 1. The lowest BCUT2D eigenvalue weighted by molar-refractivity contribution is 0.0848. The molecule has 0 bridgehead atoms. The maximum Gasteiger partial charge on any atom is 0.255 e. The lowest BCUT2D eigenvalue weighted by Gasteiger charge is -2.11. The SMILES string of the molecule is Cc1nc2nonc2c(N)c1Cc1ccc(Br)c(OCC2CC2(F)F)n1. The van der Waals surface area contributed by atoms with Gasteiger partial charge in [0.25, 0.3) is 5.92 Å². The van der Waals surface area contributed by atoms with Gasteiger partial charge in [0.2, 0.25) is 11.5 Å². The molecule has 0 amide bonds. The van der Waals surface area contributed by atoms with E-state index in [0.717, 1.165) is 5.56 Å². The molecular formula is C16H14BrF2N5O2. The number of hydrogen-bond donors (Lipinski definition) is 1. The number of nitrogen functional groups attached to an aromatic ring is 1.